The smallest absolute Gasteiger partial charge is 0.182 e. The highest BCUT2D eigenvalue weighted by molar-refractivity contribution is 6.30. The van der Waals surface area contributed by atoms with E-state index in [-0.39, 0.29) is 0 Å². The number of nitriles is 1. The Morgan fingerprint density at radius 2 is 2.00 bits per heavy atom. The van der Waals surface area contributed by atoms with E-state index in [1.807, 2.05) is 18.2 Å². The first-order valence-electron chi connectivity index (χ1n) is 5.30. The molecular formula is C13H7ClN4. The van der Waals surface area contributed by atoms with E-state index in [1.165, 1.54) is 4.52 Å². The van der Waals surface area contributed by atoms with Crippen LogP contribution in [0.5, 0.6) is 0 Å². The minimum Gasteiger partial charge on any atom is -0.207 e. The third-order valence-electron chi connectivity index (χ3n) is 2.56. The number of nitrogens with zero attached hydrogens (tertiary/aromatic N) is 4. The molecule has 0 aliphatic carbocycles. The van der Waals surface area contributed by atoms with Crippen LogP contribution in [0.4, 0.5) is 0 Å². The van der Waals surface area contributed by atoms with Gasteiger partial charge in [0, 0.05) is 10.6 Å². The Hall–Kier alpha value is -2.38. The molecule has 3 rings (SSSR count). The van der Waals surface area contributed by atoms with Gasteiger partial charge in [-0.25, -0.2) is 9.50 Å². The van der Waals surface area contributed by atoms with Crippen LogP contribution in [0, 0.1) is 11.3 Å². The fourth-order valence-electron chi connectivity index (χ4n) is 1.74. The van der Waals surface area contributed by atoms with Gasteiger partial charge in [-0.3, -0.25) is 0 Å². The van der Waals surface area contributed by atoms with Crippen LogP contribution in [0.15, 0.2) is 42.5 Å². The molecule has 5 heteroatoms. The molecule has 0 saturated heterocycles. The zero-order valence-corrected chi connectivity index (χ0v) is 9.96. The van der Waals surface area contributed by atoms with E-state index >= 15 is 0 Å². The van der Waals surface area contributed by atoms with Crippen molar-refractivity contribution in [1.29, 1.82) is 5.26 Å². The van der Waals surface area contributed by atoms with Crippen molar-refractivity contribution in [2.75, 3.05) is 0 Å². The molecule has 2 aromatic heterocycles. The van der Waals surface area contributed by atoms with Gasteiger partial charge in [0.05, 0.1) is 0 Å². The number of rotatable bonds is 1. The highest BCUT2D eigenvalue weighted by Gasteiger charge is 2.08. The van der Waals surface area contributed by atoms with Crippen molar-refractivity contribution in [3.63, 3.8) is 0 Å². The maximum atomic E-state index is 9.00. The summed E-state index contributed by atoms with van der Waals surface area (Å²) in [6.07, 6.45) is 0. The summed E-state index contributed by atoms with van der Waals surface area (Å²) in [5, 5.41) is 14.0. The van der Waals surface area contributed by atoms with Crippen LogP contribution in [0.3, 0.4) is 0 Å². The average molecular weight is 255 g/mol. The maximum Gasteiger partial charge on any atom is 0.182 e. The molecule has 0 spiro atoms. The van der Waals surface area contributed by atoms with Gasteiger partial charge in [0.2, 0.25) is 0 Å². The molecule has 0 saturated carbocycles. The summed E-state index contributed by atoms with van der Waals surface area (Å²) in [4.78, 5) is 4.37. The maximum absolute atomic E-state index is 9.00. The van der Waals surface area contributed by atoms with E-state index in [9.17, 15) is 0 Å². The first-order chi connectivity index (χ1) is 8.78. The Bertz CT molecular complexity index is 770. The summed E-state index contributed by atoms with van der Waals surface area (Å²) in [5.74, 6) is 0.556. The van der Waals surface area contributed by atoms with Gasteiger partial charge in [-0.15, -0.1) is 5.10 Å². The molecular weight excluding hydrogens is 248 g/mol. The number of hydrogen-bond donors (Lipinski definition) is 0. The summed E-state index contributed by atoms with van der Waals surface area (Å²) in [7, 11) is 0. The van der Waals surface area contributed by atoms with Crippen LogP contribution >= 0.6 is 11.6 Å². The Kier molecular flexibility index (Phi) is 2.47. The van der Waals surface area contributed by atoms with Crippen LogP contribution in [0.25, 0.3) is 17.0 Å². The number of benzene rings is 1. The number of aromatic nitrogens is 3. The molecule has 86 valence electrons. The van der Waals surface area contributed by atoms with Gasteiger partial charge in [-0.2, -0.15) is 5.26 Å². The molecule has 0 unspecified atom stereocenters. The Balaban J connectivity index is 2.23. The minimum absolute atomic E-state index is 0.452. The fourth-order valence-corrected chi connectivity index (χ4v) is 1.93. The zero-order chi connectivity index (χ0) is 12.5. The van der Waals surface area contributed by atoms with E-state index in [1.54, 1.807) is 24.3 Å². The lowest BCUT2D eigenvalue weighted by Gasteiger charge is -1.94. The first-order valence-corrected chi connectivity index (χ1v) is 5.67. The quantitative estimate of drug-likeness (QED) is 0.671. The van der Waals surface area contributed by atoms with Crippen LogP contribution < -0.4 is 0 Å². The number of halogens is 1. The van der Waals surface area contributed by atoms with Crippen LogP contribution in [-0.2, 0) is 0 Å². The Morgan fingerprint density at radius 1 is 1.17 bits per heavy atom. The van der Waals surface area contributed by atoms with E-state index < -0.39 is 0 Å². The van der Waals surface area contributed by atoms with Crippen molar-refractivity contribution in [1.82, 2.24) is 14.6 Å². The molecule has 2 heterocycles. The van der Waals surface area contributed by atoms with Crippen molar-refractivity contribution >= 4 is 17.2 Å². The van der Waals surface area contributed by atoms with Gasteiger partial charge in [0.25, 0.3) is 0 Å². The zero-order valence-electron chi connectivity index (χ0n) is 9.21. The molecule has 18 heavy (non-hydrogen) atoms. The Labute approximate surface area is 108 Å². The van der Waals surface area contributed by atoms with E-state index in [0.29, 0.717) is 22.2 Å². The average Bonchev–Trinajstić information content (AvgIpc) is 2.82. The molecule has 1 aromatic carbocycles. The van der Waals surface area contributed by atoms with Crippen molar-refractivity contribution in [2.45, 2.75) is 0 Å². The molecule has 0 N–H and O–H groups in total. The minimum atomic E-state index is 0.452. The molecule has 0 fully saturated rings. The largest absolute Gasteiger partial charge is 0.207 e. The second-order valence-electron chi connectivity index (χ2n) is 3.74. The van der Waals surface area contributed by atoms with Crippen LogP contribution in [-0.4, -0.2) is 14.6 Å². The van der Waals surface area contributed by atoms with Crippen LogP contribution in [0.1, 0.15) is 5.69 Å². The summed E-state index contributed by atoms with van der Waals surface area (Å²) >= 11 is 5.94. The van der Waals surface area contributed by atoms with Gasteiger partial charge in [0.15, 0.2) is 11.5 Å². The highest BCUT2D eigenvalue weighted by Crippen LogP contribution is 2.20. The topological polar surface area (TPSA) is 54.0 Å². The number of pyridine rings is 1. The van der Waals surface area contributed by atoms with E-state index in [2.05, 4.69) is 16.2 Å². The van der Waals surface area contributed by atoms with E-state index in [4.69, 9.17) is 16.9 Å². The van der Waals surface area contributed by atoms with E-state index in [0.717, 1.165) is 5.56 Å². The van der Waals surface area contributed by atoms with Gasteiger partial charge >= 0.3 is 0 Å². The molecule has 0 amide bonds. The van der Waals surface area contributed by atoms with Crippen molar-refractivity contribution in [2.24, 2.45) is 0 Å². The van der Waals surface area contributed by atoms with Gasteiger partial charge < -0.3 is 0 Å². The lowest BCUT2D eigenvalue weighted by Crippen LogP contribution is -1.93. The third kappa shape index (κ3) is 1.71. The molecule has 0 atom stereocenters. The summed E-state index contributed by atoms with van der Waals surface area (Å²) in [6.45, 7) is 0. The standard InChI is InChI=1S/C13H7ClN4/c14-10-4-1-3-9(7-10)13-16-12-6-2-5-11(8-15)18(12)17-13/h1-7H. The summed E-state index contributed by atoms with van der Waals surface area (Å²) < 4.78 is 1.52. The predicted octanol–water partition coefficient (Wildman–Crippen LogP) is 2.92. The normalized spacial score (nSPS) is 10.4. The van der Waals surface area contributed by atoms with Gasteiger partial charge in [-0.1, -0.05) is 29.8 Å². The summed E-state index contributed by atoms with van der Waals surface area (Å²) in [6, 6.07) is 14.7. The Morgan fingerprint density at radius 3 is 2.78 bits per heavy atom. The molecule has 0 radical (unpaired) electrons. The predicted molar refractivity (Wildman–Crippen MR) is 68.1 cm³/mol. The van der Waals surface area contributed by atoms with Crippen molar-refractivity contribution < 1.29 is 0 Å². The molecule has 0 aliphatic heterocycles. The lowest BCUT2D eigenvalue weighted by molar-refractivity contribution is 0.945. The number of fused-ring (bicyclic) bond motifs is 1. The first kappa shape index (κ1) is 10.8. The third-order valence-corrected chi connectivity index (χ3v) is 2.79. The summed E-state index contributed by atoms with van der Waals surface area (Å²) in [5.41, 5.74) is 1.92. The second kappa shape index (κ2) is 4.13. The second-order valence-corrected chi connectivity index (χ2v) is 4.18. The fraction of sp³-hybridized carbons (Fsp3) is 0. The SMILES string of the molecule is N#Cc1cccc2nc(-c3cccc(Cl)c3)nn12. The molecule has 0 bridgehead atoms. The van der Waals surface area contributed by atoms with Gasteiger partial charge in [-0.05, 0) is 24.3 Å². The highest BCUT2D eigenvalue weighted by atomic mass is 35.5. The van der Waals surface area contributed by atoms with Crippen molar-refractivity contribution in [3.05, 3.63) is 53.2 Å². The van der Waals surface area contributed by atoms with Crippen molar-refractivity contribution in [3.8, 4) is 17.5 Å². The monoisotopic (exact) mass is 254 g/mol. The molecule has 4 nitrogen and oxygen atoms in total. The van der Waals surface area contributed by atoms with Gasteiger partial charge in [0.1, 0.15) is 11.8 Å². The number of hydrogen-bond acceptors (Lipinski definition) is 3. The molecule has 0 aliphatic rings. The van der Waals surface area contributed by atoms with Crippen LogP contribution in [0.2, 0.25) is 5.02 Å². The lowest BCUT2D eigenvalue weighted by atomic mass is 10.2. The molecule has 3 aromatic rings.